The summed E-state index contributed by atoms with van der Waals surface area (Å²) in [7, 11) is -3.60. The van der Waals surface area contributed by atoms with Crippen LogP contribution in [0.3, 0.4) is 0 Å². The fourth-order valence-corrected chi connectivity index (χ4v) is 4.27. The highest BCUT2D eigenvalue weighted by molar-refractivity contribution is 7.89. The third-order valence-corrected chi connectivity index (χ3v) is 6.16. The average Bonchev–Trinajstić information content (AvgIpc) is 3.13. The van der Waals surface area contributed by atoms with Crippen LogP contribution in [0.5, 0.6) is 0 Å². The number of imidazole rings is 1. The molecule has 0 aliphatic carbocycles. The van der Waals surface area contributed by atoms with Gasteiger partial charge in [-0.25, -0.2) is 28.1 Å². The molecule has 0 aliphatic rings. The van der Waals surface area contributed by atoms with Crippen LogP contribution in [0.25, 0.3) is 11.4 Å². The van der Waals surface area contributed by atoms with Gasteiger partial charge in [-0.15, -0.1) is 0 Å². The largest absolute Gasteiger partial charge is 0.377 e. The summed E-state index contributed by atoms with van der Waals surface area (Å²) in [5, 5.41) is 3.13. The van der Waals surface area contributed by atoms with E-state index in [-0.39, 0.29) is 23.6 Å². The van der Waals surface area contributed by atoms with Crippen molar-refractivity contribution in [2.45, 2.75) is 51.7 Å². The lowest BCUT2D eigenvalue weighted by Crippen LogP contribution is -2.28. The lowest BCUT2D eigenvalue weighted by molar-refractivity contribution is 0.0834. The molecule has 10 heteroatoms. The van der Waals surface area contributed by atoms with Crippen molar-refractivity contribution in [2.75, 3.05) is 18.5 Å². The monoisotopic (exact) mass is 458 g/mol. The van der Waals surface area contributed by atoms with Gasteiger partial charge in [0.2, 0.25) is 16.0 Å². The van der Waals surface area contributed by atoms with E-state index in [0.717, 1.165) is 17.2 Å². The van der Waals surface area contributed by atoms with E-state index in [1.165, 1.54) is 12.1 Å². The number of ether oxygens (including phenoxy) is 1. The highest BCUT2D eigenvalue weighted by Gasteiger charge is 2.15. The maximum absolute atomic E-state index is 12.4. The van der Waals surface area contributed by atoms with Gasteiger partial charge in [0.05, 0.1) is 35.2 Å². The van der Waals surface area contributed by atoms with E-state index in [1.807, 2.05) is 26.8 Å². The molecule has 172 valence electrons. The molecule has 9 nitrogen and oxygen atoms in total. The topological polar surface area (TPSA) is 111 Å². The van der Waals surface area contributed by atoms with E-state index >= 15 is 0 Å². The molecule has 32 heavy (non-hydrogen) atoms. The summed E-state index contributed by atoms with van der Waals surface area (Å²) in [6, 6.07) is 8.52. The van der Waals surface area contributed by atoms with Crippen molar-refractivity contribution < 1.29 is 13.2 Å². The number of sulfonamides is 1. The highest BCUT2D eigenvalue weighted by atomic mass is 32.2. The van der Waals surface area contributed by atoms with E-state index in [2.05, 4.69) is 43.4 Å². The number of benzene rings is 1. The van der Waals surface area contributed by atoms with E-state index in [9.17, 15) is 8.42 Å². The first kappa shape index (κ1) is 23.8. The summed E-state index contributed by atoms with van der Waals surface area (Å²) >= 11 is 0. The molecule has 2 aromatic heterocycles. The number of anilines is 2. The van der Waals surface area contributed by atoms with Crippen LogP contribution in [-0.2, 0) is 14.8 Å². The number of rotatable bonds is 10. The van der Waals surface area contributed by atoms with Crippen molar-refractivity contribution in [1.29, 1.82) is 0 Å². The second kappa shape index (κ2) is 10.2. The highest BCUT2D eigenvalue weighted by Crippen LogP contribution is 2.24. The van der Waals surface area contributed by atoms with Crippen molar-refractivity contribution >= 4 is 21.7 Å². The Morgan fingerprint density at radius 1 is 1.06 bits per heavy atom. The SMILES string of the molecule is Cc1ncc(-c2ccnc(Nc3ccc(S(=O)(=O)NCCOC(C)C)cc3)n2)n1C(C)C. The third-order valence-electron chi connectivity index (χ3n) is 4.68. The smallest absolute Gasteiger partial charge is 0.240 e. The Kier molecular flexibility index (Phi) is 7.60. The van der Waals surface area contributed by atoms with Gasteiger partial charge in [0.15, 0.2) is 0 Å². The molecule has 0 unspecified atom stereocenters. The second-order valence-electron chi connectivity index (χ2n) is 7.89. The quantitative estimate of drug-likeness (QED) is 0.446. The summed E-state index contributed by atoms with van der Waals surface area (Å²) in [6.45, 7) is 10.5. The van der Waals surface area contributed by atoms with Gasteiger partial charge in [0.25, 0.3) is 0 Å². The average molecular weight is 459 g/mol. The number of aromatic nitrogens is 4. The standard InChI is InChI=1S/C22H30N6O3S/c1-15(2)28-17(5)24-14-21(28)20-10-11-23-22(27-20)26-18-6-8-19(9-7-18)32(29,30)25-12-13-31-16(3)4/h6-11,14-16,25H,12-13H2,1-5H3,(H,23,26,27). The molecule has 0 fully saturated rings. The zero-order chi connectivity index (χ0) is 23.3. The second-order valence-corrected chi connectivity index (χ2v) is 9.65. The Hall–Kier alpha value is -2.82. The molecule has 1 aromatic carbocycles. The van der Waals surface area contributed by atoms with E-state index < -0.39 is 10.0 Å². The van der Waals surface area contributed by atoms with Crippen molar-refractivity contribution in [1.82, 2.24) is 24.2 Å². The van der Waals surface area contributed by atoms with Gasteiger partial charge in [0.1, 0.15) is 5.82 Å². The van der Waals surface area contributed by atoms with Crippen LogP contribution in [-0.4, -0.2) is 47.2 Å². The zero-order valence-corrected chi connectivity index (χ0v) is 19.8. The molecule has 0 amide bonds. The van der Waals surface area contributed by atoms with Crippen LogP contribution >= 0.6 is 0 Å². The van der Waals surface area contributed by atoms with Crippen molar-refractivity contribution in [3.63, 3.8) is 0 Å². The Morgan fingerprint density at radius 3 is 2.44 bits per heavy atom. The van der Waals surface area contributed by atoms with Gasteiger partial charge >= 0.3 is 0 Å². The molecule has 2 N–H and O–H groups in total. The van der Waals surface area contributed by atoms with Gasteiger partial charge in [-0.05, 0) is 65.0 Å². The number of nitrogens with one attached hydrogen (secondary N) is 2. The molecule has 2 heterocycles. The van der Waals surface area contributed by atoms with Crippen LogP contribution < -0.4 is 10.0 Å². The van der Waals surface area contributed by atoms with E-state index in [4.69, 9.17) is 4.74 Å². The predicted molar refractivity (Wildman–Crippen MR) is 124 cm³/mol. The van der Waals surface area contributed by atoms with Crippen LogP contribution in [0.15, 0.2) is 47.6 Å². The number of aryl methyl sites for hydroxylation is 1. The molecular formula is C22H30N6O3S. The normalized spacial score (nSPS) is 12.0. The minimum Gasteiger partial charge on any atom is -0.377 e. The Labute approximate surface area is 189 Å². The fourth-order valence-electron chi connectivity index (χ4n) is 3.26. The van der Waals surface area contributed by atoms with Crippen molar-refractivity contribution in [2.24, 2.45) is 0 Å². The Balaban J connectivity index is 1.71. The molecule has 0 atom stereocenters. The molecule has 0 aliphatic heterocycles. The maximum atomic E-state index is 12.4. The fraction of sp³-hybridized carbons (Fsp3) is 0.409. The van der Waals surface area contributed by atoms with Crippen LogP contribution in [0.2, 0.25) is 0 Å². The maximum Gasteiger partial charge on any atom is 0.240 e. The summed E-state index contributed by atoms with van der Waals surface area (Å²) in [5.41, 5.74) is 2.35. The van der Waals surface area contributed by atoms with Gasteiger partial charge < -0.3 is 14.6 Å². The minimum atomic E-state index is -3.60. The van der Waals surface area contributed by atoms with Gasteiger partial charge in [-0.1, -0.05) is 0 Å². The van der Waals surface area contributed by atoms with E-state index in [1.54, 1.807) is 24.5 Å². The molecule has 0 saturated carbocycles. The van der Waals surface area contributed by atoms with Crippen molar-refractivity contribution in [3.05, 3.63) is 48.5 Å². The zero-order valence-electron chi connectivity index (χ0n) is 19.0. The first-order chi connectivity index (χ1) is 15.2. The Bertz CT molecular complexity index is 1140. The third kappa shape index (κ3) is 5.90. The number of hydrogen-bond acceptors (Lipinski definition) is 7. The van der Waals surface area contributed by atoms with Crippen LogP contribution in [0.4, 0.5) is 11.6 Å². The molecule has 0 saturated heterocycles. The van der Waals surface area contributed by atoms with Crippen LogP contribution in [0, 0.1) is 6.92 Å². The summed E-state index contributed by atoms with van der Waals surface area (Å²) < 4.78 is 34.9. The molecule has 3 aromatic rings. The summed E-state index contributed by atoms with van der Waals surface area (Å²) in [5.74, 6) is 1.33. The van der Waals surface area contributed by atoms with E-state index in [0.29, 0.717) is 18.2 Å². The first-order valence-electron chi connectivity index (χ1n) is 10.5. The van der Waals surface area contributed by atoms with Gasteiger partial charge in [-0.2, -0.15) is 0 Å². The predicted octanol–water partition coefficient (Wildman–Crippen LogP) is 3.68. The summed E-state index contributed by atoms with van der Waals surface area (Å²) in [6.07, 6.45) is 3.54. The lowest BCUT2D eigenvalue weighted by Gasteiger charge is -2.14. The molecule has 0 radical (unpaired) electrons. The minimum absolute atomic E-state index is 0.0561. The molecular weight excluding hydrogens is 428 g/mol. The number of nitrogens with zero attached hydrogens (tertiary/aromatic N) is 4. The Morgan fingerprint density at radius 2 is 1.78 bits per heavy atom. The number of hydrogen-bond donors (Lipinski definition) is 2. The van der Waals surface area contributed by atoms with Crippen molar-refractivity contribution in [3.8, 4) is 11.4 Å². The lowest BCUT2D eigenvalue weighted by atomic mass is 10.2. The van der Waals surface area contributed by atoms with Gasteiger partial charge in [-0.3, -0.25) is 0 Å². The molecule has 3 rings (SSSR count). The summed E-state index contributed by atoms with van der Waals surface area (Å²) in [4.78, 5) is 13.5. The molecule has 0 bridgehead atoms. The van der Waals surface area contributed by atoms with Crippen LogP contribution in [0.1, 0.15) is 39.6 Å². The van der Waals surface area contributed by atoms with Gasteiger partial charge in [0, 0.05) is 24.5 Å². The molecule has 0 spiro atoms. The first-order valence-corrected chi connectivity index (χ1v) is 12.0.